The maximum atomic E-state index is 13.3. The molecule has 2 amide bonds. The number of carbonyl (C=O) groups is 2. The lowest BCUT2D eigenvalue weighted by atomic mass is 9.80. The second-order valence-corrected chi connectivity index (χ2v) is 12.1. The Morgan fingerprint density at radius 3 is 2.00 bits per heavy atom. The van der Waals surface area contributed by atoms with Gasteiger partial charge in [-0.05, 0) is 73.3 Å². The van der Waals surface area contributed by atoms with E-state index in [1.165, 1.54) is 0 Å². The van der Waals surface area contributed by atoms with Crippen LogP contribution in [0.25, 0.3) is 0 Å². The molecule has 0 aromatic heterocycles. The highest BCUT2D eigenvalue weighted by Gasteiger charge is 2.38. The number of hydrogen-bond acceptors (Lipinski definition) is 3. The molecular weight excluding hydrogens is 577 g/mol. The van der Waals surface area contributed by atoms with E-state index in [9.17, 15) is 9.59 Å². The molecule has 0 bridgehead atoms. The highest BCUT2D eigenvalue weighted by Crippen LogP contribution is 2.35. The zero-order valence-corrected chi connectivity index (χ0v) is 25.9. The fraction of sp³-hybridized carbons (Fsp3) is 0.278. The fourth-order valence-electron chi connectivity index (χ4n) is 5.96. The molecular formula is C36H37Cl2N3O2. The van der Waals surface area contributed by atoms with Gasteiger partial charge in [-0.3, -0.25) is 9.59 Å². The van der Waals surface area contributed by atoms with Crippen molar-refractivity contribution in [1.29, 1.82) is 0 Å². The summed E-state index contributed by atoms with van der Waals surface area (Å²) in [4.78, 5) is 30.7. The van der Waals surface area contributed by atoms with Crippen LogP contribution in [-0.4, -0.2) is 54.8 Å². The maximum Gasteiger partial charge on any atom is 0.253 e. The first-order chi connectivity index (χ1) is 20.8. The van der Waals surface area contributed by atoms with Crippen molar-refractivity contribution in [3.8, 4) is 0 Å². The van der Waals surface area contributed by atoms with Crippen LogP contribution in [0.15, 0.2) is 109 Å². The van der Waals surface area contributed by atoms with Gasteiger partial charge in [0.25, 0.3) is 11.8 Å². The van der Waals surface area contributed by atoms with E-state index in [0.717, 1.165) is 50.0 Å². The third-order valence-corrected chi connectivity index (χ3v) is 9.23. The number of carbonyl (C=O) groups excluding carboxylic acids is 2. The van der Waals surface area contributed by atoms with Crippen molar-refractivity contribution in [3.05, 3.63) is 141 Å². The molecule has 43 heavy (non-hydrogen) atoms. The van der Waals surface area contributed by atoms with Crippen molar-refractivity contribution < 1.29 is 9.59 Å². The molecule has 0 saturated carbocycles. The average molecular weight is 615 g/mol. The predicted molar refractivity (Wildman–Crippen MR) is 175 cm³/mol. The van der Waals surface area contributed by atoms with E-state index < -0.39 is 5.54 Å². The van der Waals surface area contributed by atoms with E-state index >= 15 is 0 Å². The van der Waals surface area contributed by atoms with Crippen LogP contribution in [0.2, 0.25) is 10.0 Å². The van der Waals surface area contributed by atoms with Gasteiger partial charge in [-0.1, -0.05) is 96.0 Å². The van der Waals surface area contributed by atoms with Crippen LogP contribution in [0.1, 0.15) is 57.0 Å². The standard InChI is InChI=1S/C36H37Cl2N3O2/c1-40(35(43)28-13-7-3-8-14-28)26-30(29-17-18-32(37)33(38)25-29)19-22-41-23-20-36(21-24-41,31-15-9-4-10-16-31)39-34(42)27-11-5-2-6-12-27/h2-18,25,30H,19-24,26H2,1H3,(H,39,42)/t30-/m1/s1. The molecule has 1 fully saturated rings. The minimum atomic E-state index is -0.434. The van der Waals surface area contributed by atoms with E-state index in [1.54, 1.807) is 4.90 Å². The normalized spacial score (nSPS) is 15.4. The zero-order valence-electron chi connectivity index (χ0n) is 24.4. The van der Waals surface area contributed by atoms with Crippen LogP contribution in [0.5, 0.6) is 0 Å². The molecule has 4 aromatic rings. The Balaban J connectivity index is 1.28. The summed E-state index contributed by atoms with van der Waals surface area (Å²) >= 11 is 12.7. The number of rotatable bonds is 10. The largest absolute Gasteiger partial charge is 0.342 e. The van der Waals surface area contributed by atoms with Gasteiger partial charge < -0.3 is 15.1 Å². The molecule has 1 atom stereocenters. The maximum absolute atomic E-state index is 13.3. The molecule has 0 aliphatic carbocycles. The van der Waals surface area contributed by atoms with Crippen LogP contribution in [0, 0.1) is 0 Å². The zero-order chi connectivity index (χ0) is 30.2. The Morgan fingerprint density at radius 2 is 1.40 bits per heavy atom. The third-order valence-electron chi connectivity index (χ3n) is 8.50. The Labute approximate surface area is 264 Å². The minimum absolute atomic E-state index is 0.00886. The molecule has 5 nitrogen and oxygen atoms in total. The molecule has 1 heterocycles. The summed E-state index contributed by atoms with van der Waals surface area (Å²) in [6.07, 6.45) is 2.46. The minimum Gasteiger partial charge on any atom is -0.342 e. The van der Waals surface area contributed by atoms with Gasteiger partial charge in [-0.15, -0.1) is 0 Å². The first-order valence-electron chi connectivity index (χ1n) is 14.8. The molecule has 222 valence electrons. The van der Waals surface area contributed by atoms with Crippen molar-refractivity contribution in [1.82, 2.24) is 15.1 Å². The summed E-state index contributed by atoms with van der Waals surface area (Å²) in [5.41, 5.74) is 3.10. The average Bonchev–Trinajstić information content (AvgIpc) is 3.05. The van der Waals surface area contributed by atoms with Gasteiger partial charge in [0.15, 0.2) is 0 Å². The Morgan fingerprint density at radius 1 is 0.814 bits per heavy atom. The van der Waals surface area contributed by atoms with Crippen molar-refractivity contribution in [2.75, 3.05) is 33.2 Å². The Hall–Kier alpha value is -3.64. The van der Waals surface area contributed by atoms with Crippen LogP contribution in [0.3, 0.4) is 0 Å². The second-order valence-electron chi connectivity index (χ2n) is 11.3. The molecule has 4 aromatic carbocycles. The first-order valence-corrected chi connectivity index (χ1v) is 15.5. The fourth-order valence-corrected chi connectivity index (χ4v) is 6.27. The van der Waals surface area contributed by atoms with E-state index in [1.807, 2.05) is 104 Å². The summed E-state index contributed by atoms with van der Waals surface area (Å²) in [6.45, 7) is 3.10. The summed E-state index contributed by atoms with van der Waals surface area (Å²) in [5.74, 6) is 0.0140. The van der Waals surface area contributed by atoms with Crippen LogP contribution >= 0.6 is 23.2 Å². The van der Waals surface area contributed by atoms with Gasteiger partial charge >= 0.3 is 0 Å². The number of halogens is 2. The van der Waals surface area contributed by atoms with Crippen LogP contribution in [0.4, 0.5) is 0 Å². The van der Waals surface area contributed by atoms with Gasteiger partial charge in [-0.2, -0.15) is 0 Å². The van der Waals surface area contributed by atoms with Crippen molar-refractivity contribution in [3.63, 3.8) is 0 Å². The van der Waals surface area contributed by atoms with Crippen LogP contribution < -0.4 is 5.32 Å². The lowest BCUT2D eigenvalue weighted by molar-refractivity contribution is 0.0760. The number of piperidine rings is 1. The highest BCUT2D eigenvalue weighted by atomic mass is 35.5. The van der Waals surface area contributed by atoms with Crippen LogP contribution in [-0.2, 0) is 5.54 Å². The Kier molecular flexibility index (Phi) is 10.2. The highest BCUT2D eigenvalue weighted by molar-refractivity contribution is 6.42. The molecule has 5 rings (SSSR count). The number of nitrogens with one attached hydrogen (secondary N) is 1. The van der Waals surface area contributed by atoms with E-state index in [2.05, 4.69) is 22.3 Å². The monoisotopic (exact) mass is 613 g/mol. The number of benzene rings is 4. The summed E-state index contributed by atoms with van der Waals surface area (Å²) in [5, 5.41) is 4.44. The summed E-state index contributed by atoms with van der Waals surface area (Å²) in [7, 11) is 1.85. The molecule has 0 spiro atoms. The smallest absolute Gasteiger partial charge is 0.253 e. The van der Waals surface area contributed by atoms with E-state index in [0.29, 0.717) is 27.7 Å². The number of likely N-dealkylation sites (N-methyl/N-ethyl adjacent to an activating group) is 1. The van der Waals surface area contributed by atoms with Gasteiger partial charge in [0.05, 0.1) is 15.6 Å². The van der Waals surface area contributed by atoms with Gasteiger partial charge in [0, 0.05) is 43.7 Å². The van der Waals surface area contributed by atoms with Crippen molar-refractivity contribution in [2.24, 2.45) is 0 Å². The SMILES string of the molecule is CN(C[C@@H](CCN1CCC(NC(=O)c2ccccc2)(c2ccccc2)CC1)c1ccc(Cl)c(Cl)c1)C(=O)c1ccccc1. The Bertz CT molecular complexity index is 1510. The number of hydrogen-bond donors (Lipinski definition) is 1. The predicted octanol–water partition coefficient (Wildman–Crippen LogP) is 7.66. The topological polar surface area (TPSA) is 52.6 Å². The van der Waals surface area contributed by atoms with Gasteiger partial charge in [0.2, 0.25) is 0 Å². The number of nitrogens with zero attached hydrogens (tertiary/aromatic N) is 2. The second kappa shape index (κ2) is 14.2. The molecule has 7 heteroatoms. The summed E-state index contributed by atoms with van der Waals surface area (Å²) < 4.78 is 0. The lowest BCUT2D eigenvalue weighted by Gasteiger charge is -2.43. The molecule has 1 N–H and O–H groups in total. The molecule has 1 aliphatic heterocycles. The first kappa shape index (κ1) is 30.8. The number of likely N-dealkylation sites (tertiary alicyclic amines) is 1. The summed E-state index contributed by atoms with van der Waals surface area (Å²) in [6, 6.07) is 34.8. The van der Waals surface area contributed by atoms with E-state index in [4.69, 9.17) is 23.2 Å². The van der Waals surface area contributed by atoms with Crippen molar-refractivity contribution >= 4 is 35.0 Å². The molecule has 1 saturated heterocycles. The van der Waals surface area contributed by atoms with Gasteiger partial charge in [-0.25, -0.2) is 0 Å². The van der Waals surface area contributed by atoms with E-state index in [-0.39, 0.29) is 17.7 Å². The quantitative estimate of drug-likeness (QED) is 0.200. The third kappa shape index (κ3) is 7.66. The molecule has 0 radical (unpaired) electrons. The van der Waals surface area contributed by atoms with Crippen molar-refractivity contribution in [2.45, 2.75) is 30.7 Å². The lowest BCUT2D eigenvalue weighted by Crippen LogP contribution is -2.53. The molecule has 1 aliphatic rings. The number of amides is 2. The van der Waals surface area contributed by atoms with Gasteiger partial charge in [0.1, 0.15) is 0 Å². The molecule has 0 unspecified atom stereocenters.